The first-order valence-electron chi connectivity index (χ1n) is 7.30. The van der Waals surface area contributed by atoms with Crippen LogP contribution in [0.1, 0.15) is 51.4 Å². The zero-order valence-electron chi connectivity index (χ0n) is 11.4. The average Bonchev–Trinajstić information content (AvgIpc) is 2.78. The number of aliphatic hydroxyl groups is 3. The molecule has 2 aliphatic carbocycles. The van der Waals surface area contributed by atoms with Crippen molar-refractivity contribution < 1.29 is 15.3 Å². The lowest BCUT2D eigenvalue weighted by Gasteiger charge is -2.37. The van der Waals surface area contributed by atoms with Crippen molar-refractivity contribution in [2.45, 2.75) is 75.2 Å². The van der Waals surface area contributed by atoms with Crippen molar-refractivity contribution in [3.8, 4) is 0 Å². The van der Waals surface area contributed by atoms with Crippen molar-refractivity contribution in [1.29, 1.82) is 0 Å². The maximum Gasteiger partial charge on any atom is 0.0953 e. The van der Waals surface area contributed by atoms with Gasteiger partial charge in [-0.05, 0) is 45.6 Å². The van der Waals surface area contributed by atoms with Gasteiger partial charge in [0.05, 0.1) is 17.8 Å². The highest BCUT2D eigenvalue weighted by molar-refractivity contribution is 4.93. The standard InChI is InChI=1S/C14H27NO3/c1-15(11-4-6-12(16)7-5-11)10-13(17)14(18)8-2-3-9-14/h11-13,16-18H,2-10H2,1H3. The largest absolute Gasteiger partial charge is 0.393 e. The van der Waals surface area contributed by atoms with Crippen LogP contribution in [-0.2, 0) is 0 Å². The van der Waals surface area contributed by atoms with Crippen LogP contribution in [0, 0.1) is 0 Å². The van der Waals surface area contributed by atoms with E-state index in [2.05, 4.69) is 4.90 Å². The minimum absolute atomic E-state index is 0.140. The lowest BCUT2D eigenvalue weighted by molar-refractivity contribution is -0.0848. The lowest BCUT2D eigenvalue weighted by Crippen LogP contribution is -2.49. The third-order valence-electron chi connectivity index (χ3n) is 4.84. The van der Waals surface area contributed by atoms with Crippen LogP contribution in [0.25, 0.3) is 0 Å². The Morgan fingerprint density at radius 2 is 1.72 bits per heavy atom. The second-order valence-corrected chi connectivity index (χ2v) is 6.23. The molecule has 0 amide bonds. The fraction of sp³-hybridized carbons (Fsp3) is 1.00. The normalized spacial score (nSPS) is 33.8. The van der Waals surface area contributed by atoms with Crippen LogP contribution < -0.4 is 0 Å². The van der Waals surface area contributed by atoms with Gasteiger partial charge in [0.15, 0.2) is 0 Å². The third-order valence-corrected chi connectivity index (χ3v) is 4.84. The number of nitrogens with zero attached hydrogens (tertiary/aromatic N) is 1. The zero-order chi connectivity index (χ0) is 13.2. The van der Waals surface area contributed by atoms with E-state index in [9.17, 15) is 15.3 Å². The van der Waals surface area contributed by atoms with Crippen molar-refractivity contribution in [3.63, 3.8) is 0 Å². The van der Waals surface area contributed by atoms with Crippen molar-refractivity contribution in [2.75, 3.05) is 13.6 Å². The second-order valence-electron chi connectivity index (χ2n) is 6.23. The van der Waals surface area contributed by atoms with Crippen molar-refractivity contribution in [1.82, 2.24) is 4.90 Å². The first-order valence-corrected chi connectivity index (χ1v) is 7.30. The van der Waals surface area contributed by atoms with Crippen LogP contribution in [0.4, 0.5) is 0 Å². The number of rotatable bonds is 4. The van der Waals surface area contributed by atoms with Gasteiger partial charge in [-0.1, -0.05) is 12.8 Å². The molecule has 0 aromatic carbocycles. The second kappa shape index (κ2) is 5.87. The predicted molar refractivity (Wildman–Crippen MR) is 70.3 cm³/mol. The molecule has 4 heteroatoms. The van der Waals surface area contributed by atoms with Crippen molar-refractivity contribution >= 4 is 0 Å². The summed E-state index contributed by atoms with van der Waals surface area (Å²) in [5, 5.41) is 30.0. The zero-order valence-corrected chi connectivity index (χ0v) is 11.4. The van der Waals surface area contributed by atoms with Crippen molar-refractivity contribution in [2.24, 2.45) is 0 Å². The Kier molecular flexibility index (Phi) is 4.64. The minimum Gasteiger partial charge on any atom is -0.393 e. The van der Waals surface area contributed by atoms with Crippen LogP contribution in [0.15, 0.2) is 0 Å². The molecule has 0 aromatic rings. The SMILES string of the molecule is CN(CC(O)C1(O)CCCC1)C1CCC(O)CC1. The van der Waals surface area contributed by atoms with Gasteiger partial charge in [0.25, 0.3) is 0 Å². The summed E-state index contributed by atoms with van der Waals surface area (Å²) in [7, 11) is 2.02. The van der Waals surface area contributed by atoms with Crippen LogP contribution in [0.3, 0.4) is 0 Å². The van der Waals surface area contributed by atoms with Gasteiger partial charge in [0.2, 0.25) is 0 Å². The van der Waals surface area contributed by atoms with Gasteiger partial charge in [0, 0.05) is 12.6 Å². The van der Waals surface area contributed by atoms with E-state index in [1.165, 1.54) is 0 Å². The average molecular weight is 257 g/mol. The van der Waals surface area contributed by atoms with E-state index < -0.39 is 11.7 Å². The Balaban J connectivity index is 1.81. The van der Waals surface area contributed by atoms with Gasteiger partial charge in [-0.15, -0.1) is 0 Å². The molecule has 3 N–H and O–H groups in total. The van der Waals surface area contributed by atoms with E-state index in [0.29, 0.717) is 12.6 Å². The summed E-state index contributed by atoms with van der Waals surface area (Å²) in [6, 6.07) is 0.438. The molecule has 1 atom stereocenters. The molecule has 1 unspecified atom stereocenters. The number of likely N-dealkylation sites (N-methyl/N-ethyl adjacent to an activating group) is 1. The summed E-state index contributed by atoms with van der Waals surface area (Å²) in [6.07, 6.45) is 6.41. The van der Waals surface area contributed by atoms with E-state index in [0.717, 1.165) is 51.4 Å². The maximum atomic E-state index is 10.3. The number of aliphatic hydroxyl groups excluding tert-OH is 2. The van der Waals surface area contributed by atoms with E-state index in [1.807, 2.05) is 7.05 Å². The molecule has 2 fully saturated rings. The van der Waals surface area contributed by atoms with Crippen molar-refractivity contribution in [3.05, 3.63) is 0 Å². The number of hydrogen-bond acceptors (Lipinski definition) is 4. The van der Waals surface area contributed by atoms with Gasteiger partial charge >= 0.3 is 0 Å². The smallest absolute Gasteiger partial charge is 0.0953 e. The maximum absolute atomic E-state index is 10.3. The van der Waals surface area contributed by atoms with Gasteiger partial charge < -0.3 is 20.2 Å². The Bertz CT molecular complexity index is 258. The van der Waals surface area contributed by atoms with Crippen LogP contribution >= 0.6 is 0 Å². The highest BCUT2D eigenvalue weighted by Crippen LogP contribution is 2.33. The summed E-state index contributed by atoms with van der Waals surface area (Å²) in [6.45, 7) is 0.539. The summed E-state index contributed by atoms with van der Waals surface area (Å²) in [5.41, 5.74) is -0.859. The Morgan fingerprint density at radius 1 is 1.17 bits per heavy atom. The summed E-state index contributed by atoms with van der Waals surface area (Å²) in [5.74, 6) is 0. The molecule has 2 saturated carbocycles. The fourth-order valence-electron chi connectivity index (χ4n) is 3.41. The molecular formula is C14H27NO3. The molecule has 0 aromatic heterocycles. The first-order chi connectivity index (χ1) is 8.51. The molecule has 0 spiro atoms. The number of hydrogen-bond donors (Lipinski definition) is 3. The van der Waals surface area contributed by atoms with Gasteiger partial charge in [-0.25, -0.2) is 0 Å². The molecule has 0 aliphatic heterocycles. The van der Waals surface area contributed by atoms with Gasteiger partial charge in [-0.2, -0.15) is 0 Å². The molecule has 106 valence electrons. The third kappa shape index (κ3) is 3.23. The Hall–Kier alpha value is -0.160. The fourth-order valence-corrected chi connectivity index (χ4v) is 3.41. The summed E-state index contributed by atoms with van der Waals surface area (Å²) < 4.78 is 0. The predicted octanol–water partition coefficient (Wildman–Crippen LogP) is 0.888. The quantitative estimate of drug-likeness (QED) is 0.700. The highest BCUT2D eigenvalue weighted by atomic mass is 16.3. The molecule has 2 rings (SSSR count). The molecule has 0 heterocycles. The minimum atomic E-state index is -0.859. The first kappa shape index (κ1) is 14.3. The van der Waals surface area contributed by atoms with E-state index in [-0.39, 0.29) is 6.10 Å². The van der Waals surface area contributed by atoms with Crippen LogP contribution in [0.2, 0.25) is 0 Å². The Labute approximate surface area is 110 Å². The highest BCUT2D eigenvalue weighted by Gasteiger charge is 2.39. The monoisotopic (exact) mass is 257 g/mol. The van der Waals surface area contributed by atoms with E-state index in [4.69, 9.17) is 0 Å². The topological polar surface area (TPSA) is 63.9 Å². The van der Waals surface area contributed by atoms with Crippen LogP contribution in [0.5, 0.6) is 0 Å². The van der Waals surface area contributed by atoms with Gasteiger partial charge in [0.1, 0.15) is 0 Å². The molecule has 0 saturated heterocycles. The summed E-state index contributed by atoms with van der Waals surface area (Å²) in [4.78, 5) is 2.16. The molecular weight excluding hydrogens is 230 g/mol. The lowest BCUT2D eigenvalue weighted by atomic mass is 9.90. The Morgan fingerprint density at radius 3 is 2.28 bits per heavy atom. The van der Waals surface area contributed by atoms with E-state index >= 15 is 0 Å². The molecule has 18 heavy (non-hydrogen) atoms. The molecule has 2 aliphatic rings. The van der Waals surface area contributed by atoms with E-state index in [1.54, 1.807) is 0 Å². The molecule has 0 radical (unpaired) electrons. The van der Waals surface area contributed by atoms with Crippen LogP contribution in [-0.4, -0.2) is 57.7 Å². The van der Waals surface area contributed by atoms with Gasteiger partial charge in [-0.3, -0.25) is 0 Å². The molecule has 4 nitrogen and oxygen atoms in total. The summed E-state index contributed by atoms with van der Waals surface area (Å²) >= 11 is 0. The molecule has 0 bridgehead atoms.